The first-order valence-corrected chi connectivity index (χ1v) is 9.69. The van der Waals surface area contributed by atoms with Crippen molar-refractivity contribution < 1.29 is 9.59 Å². The standard InChI is InChI=1S/C20H24ClN5O2/c1-4-5-15-11(2)26(12(3)27)17-7-6-13(19(22)28)8-16(17)18(15)25-20-23-9-14(21)10-24-20/h6-11,15,18H,4-5H2,1-3H3,(H2,22,28)(H,23,24,25)/t11-,15-,18+/m0/s1. The highest BCUT2D eigenvalue weighted by Crippen LogP contribution is 2.44. The molecule has 3 rings (SSSR count). The Morgan fingerprint density at radius 1 is 1.29 bits per heavy atom. The van der Waals surface area contributed by atoms with E-state index in [0.717, 1.165) is 24.1 Å². The minimum atomic E-state index is -0.510. The second kappa shape index (κ2) is 8.14. The number of nitrogens with one attached hydrogen (secondary N) is 1. The number of carbonyl (C=O) groups excluding carboxylic acids is 2. The summed E-state index contributed by atoms with van der Waals surface area (Å²) in [5.74, 6) is -0.00888. The highest BCUT2D eigenvalue weighted by atomic mass is 35.5. The molecule has 2 aromatic rings. The molecule has 7 nitrogen and oxygen atoms in total. The van der Waals surface area contributed by atoms with Crippen LogP contribution in [0.15, 0.2) is 30.6 Å². The first-order valence-electron chi connectivity index (χ1n) is 9.31. The lowest BCUT2D eigenvalue weighted by Crippen LogP contribution is -2.49. The van der Waals surface area contributed by atoms with Gasteiger partial charge in [0.1, 0.15) is 0 Å². The average Bonchev–Trinajstić information content (AvgIpc) is 2.65. The Balaban J connectivity index is 2.13. The average molecular weight is 402 g/mol. The van der Waals surface area contributed by atoms with E-state index in [1.54, 1.807) is 30.0 Å². The highest BCUT2D eigenvalue weighted by Gasteiger charge is 2.40. The molecule has 0 fully saturated rings. The summed E-state index contributed by atoms with van der Waals surface area (Å²) in [4.78, 5) is 34.5. The molecule has 2 amide bonds. The zero-order valence-electron chi connectivity index (χ0n) is 16.1. The number of primary amides is 1. The molecule has 8 heteroatoms. The number of hydrogen-bond donors (Lipinski definition) is 2. The van der Waals surface area contributed by atoms with E-state index in [9.17, 15) is 9.59 Å². The molecule has 0 saturated carbocycles. The van der Waals surface area contributed by atoms with Crippen molar-refractivity contribution in [1.29, 1.82) is 0 Å². The number of benzene rings is 1. The number of rotatable bonds is 5. The number of anilines is 2. The van der Waals surface area contributed by atoms with Gasteiger partial charge in [-0.15, -0.1) is 0 Å². The van der Waals surface area contributed by atoms with Crippen LogP contribution >= 0.6 is 11.6 Å². The third-order valence-electron chi connectivity index (χ3n) is 5.23. The lowest BCUT2D eigenvalue weighted by atomic mass is 9.78. The number of aromatic nitrogens is 2. The maximum Gasteiger partial charge on any atom is 0.248 e. The van der Waals surface area contributed by atoms with Crippen LogP contribution in [0.3, 0.4) is 0 Å². The smallest absolute Gasteiger partial charge is 0.248 e. The number of hydrogen-bond acceptors (Lipinski definition) is 5. The summed E-state index contributed by atoms with van der Waals surface area (Å²) in [6, 6.07) is 4.98. The van der Waals surface area contributed by atoms with Crippen LogP contribution in [0.5, 0.6) is 0 Å². The number of carbonyl (C=O) groups is 2. The molecule has 1 aromatic carbocycles. The van der Waals surface area contributed by atoms with E-state index in [0.29, 0.717) is 16.5 Å². The lowest BCUT2D eigenvalue weighted by Gasteiger charge is -2.45. The Morgan fingerprint density at radius 3 is 2.54 bits per heavy atom. The Labute approximate surface area is 169 Å². The van der Waals surface area contributed by atoms with E-state index in [4.69, 9.17) is 17.3 Å². The minimum absolute atomic E-state index is 0.0332. The summed E-state index contributed by atoms with van der Waals surface area (Å²) < 4.78 is 0. The summed E-state index contributed by atoms with van der Waals surface area (Å²) in [5.41, 5.74) is 7.50. The van der Waals surface area contributed by atoms with Crippen molar-refractivity contribution in [2.45, 2.75) is 45.7 Å². The van der Waals surface area contributed by atoms with Crippen LogP contribution in [0.4, 0.5) is 11.6 Å². The molecule has 2 heterocycles. The zero-order chi connectivity index (χ0) is 20.4. The molecule has 28 heavy (non-hydrogen) atoms. The molecule has 1 aromatic heterocycles. The van der Waals surface area contributed by atoms with Crippen molar-refractivity contribution >= 4 is 35.1 Å². The SMILES string of the molecule is CCC[C@@H]1[C@@H](Nc2ncc(Cl)cn2)c2cc(C(N)=O)ccc2N(C(C)=O)[C@H]1C. The molecule has 0 aliphatic carbocycles. The summed E-state index contributed by atoms with van der Waals surface area (Å²) in [6.45, 7) is 5.71. The molecular formula is C20H24ClN5O2. The number of halogens is 1. The van der Waals surface area contributed by atoms with Crippen molar-refractivity contribution in [3.05, 3.63) is 46.7 Å². The van der Waals surface area contributed by atoms with Crippen molar-refractivity contribution in [2.75, 3.05) is 10.2 Å². The molecule has 0 unspecified atom stereocenters. The molecule has 1 aliphatic heterocycles. The molecular weight excluding hydrogens is 378 g/mol. The summed E-state index contributed by atoms with van der Waals surface area (Å²) in [5, 5.41) is 3.84. The van der Waals surface area contributed by atoms with Crippen LogP contribution < -0.4 is 16.0 Å². The maximum atomic E-state index is 12.4. The minimum Gasteiger partial charge on any atom is -0.366 e. The lowest BCUT2D eigenvalue weighted by molar-refractivity contribution is -0.117. The molecule has 0 bridgehead atoms. The van der Waals surface area contributed by atoms with E-state index in [2.05, 4.69) is 22.2 Å². The van der Waals surface area contributed by atoms with Gasteiger partial charge in [0.2, 0.25) is 17.8 Å². The number of fused-ring (bicyclic) bond motifs is 1. The van der Waals surface area contributed by atoms with Crippen molar-refractivity contribution in [2.24, 2.45) is 11.7 Å². The van der Waals surface area contributed by atoms with Gasteiger partial charge in [-0.25, -0.2) is 9.97 Å². The van der Waals surface area contributed by atoms with Crippen LogP contribution in [-0.2, 0) is 4.79 Å². The normalized spacial score (nSPS) is 21.1. The van der Waals surface area contributed by atoms with Crippen LogP contribution in [0.2, 0.25) is 5.02 Å². The van der Waals surface area contributed by atoms with Crippen molar-refractivity contribution in [3.63, 3.8) is 0 Å². The topological polar surface area (TPSA) is 101 Å². The molecule has 0 spiro atoms. The molecule has 0 radical (unpaired) electrons. The maximum absolute atomic E-state index is 12.4. The van der Waals surface area contributed by atoms with E-state index in [1.807, 2.05) is 6.92 Å². The Kier molecular flexibility index (Phi) is 5.84. The summed E-state index contributed by atoms with van der Waals surface area (Å²) >= 11 is 5.90. The Morgan fingerprint density at radius 2 is 1.96 bits per heavy atom. The molecule has 3 atom stereocenters. The van der Waals surface area contributed by atoms with Gasteiger partial charge in [0.05, 0.1) is 23.5 Å². The molecule has 1 aliphatic rings. The Hall–Kier alpha value is -2.67. The molecule has 3 N–H and O–H groups in total. The fraction of sp³-hybridized carbons (Fsp3) is 0.400. The fourth-order valence-electron chi connectivity index (χ4n) is 4.00. The van der Waals surface area contributed by atoms with Gasteiger partial charge in [0.25, 0.3) is 0 Å². The first-order chi connectivity index (χ1) is 13.3. The monoisotopic (exact) mass is 401 g/mol. The van der Waals surface area contributed by atoms with E-state index in [1.165, 1.54) is 12.4 Å². The van der Waals surface area contributed by atoms with Gasteiger partial charge in [0.15, 0.2) is 0 Å². The van der Waals surface area contributed by atoms with Gasteiger partial charge < -0.3 is 16.0 Å². The van der Waals surface area contributed by atoms with Crippen LogP contribution in [0.25, 0.3) is 0 Å². The van der Waals surface area contributed by atoms with Crippen LogP contribution in [0.1, 0.15) is 55.6 Å². The molecule has 0 saturated heterocycles. The number of nitrogens with zero attached hydrogens (tertiary/aromatic N) is 3. The quantitative estimate of drug-likeness (QED) is 0.797. The van der Waals surface area contributed by atoms with Gasteiger partial charge in [0, 0.05) is 30.1 Å². The number of nitrogens with two attached hydrogens (primary N) is 1. The van der Waals surface area contributed by atoms with Gasteiger partial charge in [-0.3, -0.25) is 9.59 Å². The summed E-state index contributed by atoms with van der Waals surface area (Å²) in [7, 11) is 0. The van der Waals surface area contributed by atoms with Gasteiger partial charge in [-0.05, 0) is 37.1 Å². The fourth-order valence-corrected chi connectivity index (χ4v) is 4.10. The van der Waals surface area contributed by atoms with E-state index >= 15 is 0 Å². The van der Waals surface area contributed by atoms with Gasteiger partial charge >= 0.3 is 0 Å². The first kappa shape index (κ1) is 20.1. The van der Waals surface area contributed by atoms with Gasteiger partial charge in [-0.2, -0.15) is 0 Å². The third kappa shape index (κ3) is 3.80. The van der Waals surface area contributed by atoms with E-state index < -0.39 is 5.91 Å². The Bertz CT molecular complexity index is 887. The third-order valence-corrected chi connectivity index (χ3v) is 5.42. The predicted octanol–water partition coefficient (Wildman–Crippen LogP) is 3.55. The highest BCUT2D eigenvalue weighted by molar-refractivity contribution is 6.30. The van der Waals surface area contributed by atoms with Crippen molar-refractivity contribution in [1.82, 2.24) is 9.97 Å². The second-order valence-corrected chi connectivity index (χ2v) is 7.50. The largest absolute Gasteiger partial charge is 0.366 e. The second-order valence-electron chi connectivity index (χ2n) is 7.07. The zero-order valence-corrected chi connectivity index (χ0v) is 16.9. The predicted molar refractivity (Wildman–Crippen MR) is 109 cm³/mol. The van der Waals surface area contributed by atoms with Crippen molar-refractivity contribution in [3.8, 4) is 0 Å². The number of amides is 2. The van der Waals surface area contributed by atoms with Crippen LogP contribution in [-0.4, -0.2) is 27.8 Å². The summed E-state index contributed by atoms with van der Waals surface area (Å²) in [6.07, 6.45) is 4.89. The van der Waals surface area contributed by atoms with E-state index in [-0.39, 0.29) is 23.9 Å². The van der Waals surface area contributed by atoms with Crippen LogP contribution in [0, 0.1) is 5.92 Å². The van der Waals surface area contributed by atoms with Gasteiger partial charge in [-0.1, -0.05) is 24.9 Å². The molecule has 148 valence electrons.